The lowest BCUT2D eigenvalue weighted by Gasteiger charge is -2.23. The monoisotopic (exact) mass is 541 g/mol. The highest BCUT2D eigenvalue weighted by molar-refractivity contribution is 6.01. The molecule has 2 N–H and O–H groups in total. The van der Waals surface area contributed by atoms with Crippen LogP contribution in [0.25, 0.3) is 11.1 Å². The van der Waals surface area contributed by atoms with Gasteiger partial charge < -0.3 is 15.0 Å². The van der Waals surface area contributed by atoms with E-state index < -0.39 is 24.3 Å². The number of hydrogen-bond acceptors (Lipinski definition) is 5. The fourth-order valence-electron chi connectivity index (χ4n) is 4.74. The Hall–Kier alpha value is -4.92. The van der Waals surface area contributed by atoms with Gasteiger partial charge in [0.1, 0.15) is 18.3 Å². The number of hydrogen-bond donors (Lipinski definition) is 2. The van der Waals surface area contributed by atoms with Crippen LogP contribution in [0.4, 0.5) is 10.1 Å². The molecule has 0 bridgehead atoms. The predicted octanol–water partition coefficient (Wildman–Crippen LogP) is 5.94. The number of carbonyl (C=O) groups excluding carboxylic acids is 1. The quantitative estimate of drug-likeness (QED) is 0.190. The third kappa shape index (κ3) is 6.74. The molecular formula is C31H28FN3O5. The van der Waals surface area contributed by atoms with Crippen LogP contribution in [0.3, 0.4) is 0 Å². The van der Waals surface area contributed by atoms with Gasteiger partial charge in [-0.2, -0.15) is 4.91 Å². The molecule has 1 amide bonds. The van der Waals surface area contributed by atoms with Crippen molar-refractivity contribution < 1.29 is 19.1 Å². The minimum Gasteiger partial charge on any atom is -0.481 e. The smallest absolute Gasteiger partial charge is 0.312 e. The van der Waals surface area contributed by atoms with Crippen molar-refractivity contribution >= 4 is 17.6 Å². The van der Waals surface area contributed by atoms with Crippen molar-refractivity contribution in [1.29, 1.82) is 0 Å². The summed E-state index contributed by atoms with van der Waals surface area (Å²) in [5.74, 6) is -2.43. The summed E-state index contributed by atoms with van der Waals surface area (Å²) >= 11 is 0. The van der Waals surface area contributed by atoms with Gasteiger partial charge in [-0.05, 0) is 77.1 Å². The van der Waals surface area contributed by atoms with Gasteiger partial charge in [0.25, 0.3) is 0 Å². The number of carboxylic acids is 1. The van der Waals surface area contributed by atoms with Crippen molar-refractivity contribution in [2.75, 3.05) is 5.32 Å². The fraction of sp³-hybridized carbons (Fsp3) is 0.194. The van der Waals surface area contributed by atoms with Crippen LogP contribution in [0.2, 0.25) is 0 Å². The second kappa shape index (κ2) is 12.3. The van der Waals surface area contributed by atoms with Crippen LogP contribution in [0.15, 0.2) is 95.0 Å². The molecule has 0 aliphatic heterocycles. The summed E-state index contributed by atoms with van der Waals surface area (Å²) in [5, 5.41) is 14.7. The van der Waals surface area contributed by atoms with Crippen molar-refractivity contribution in [2.45, 2.75) is 31.7 Å². The second-order valence-corrected chi connectivity index (χ2v) is 9.64. The highest BCUT2D eigenvalue weighted by atomic mass is 19.1. The first-order valence-electron chi connectivity index (χ1n) is 12.6. The minimum atomic E-state index is -1.20. The molecule has 4 aromatic rings. The largest absolute Gasteiger partial charge is 0.481 e. The number of aliphatic carboxylic acids is 1. The zero-order chi connectivity index (χ0) is 28.8. The molecule has 0 saturated carbocycles. The summed E-state index contributed by atoms with van der Waals surface area (Å²) in [6.07, 6.45) is 1.32. The molecule has 0 aliphatic rings. The molecule has 204 valence electrons. The first kappa shape index (κ1) is 28.1. The zero-order valence-corrected chi connectivity index (χ0v) is 22.0. The van der Waals surface area contributed by atoms with Gasteiger partial charge in [-0.15, -0.1) is 0 Å². The lowest BCUT2D eigenvalue weighted by molar-refractivity contribution is -0.139. The topological polar surface area (TPSA) is 118 Å². The van der Waals surface area contributed by atoms with Gasteiger partial charge in [0, 0.05) is 30.9 Å². The van der Waals surface area contributed by atoms with E-state index in [1.165, 1.54) is 22.8 Å². The van der Waals surface area contributed by atoms with E-state index in [1.807, 2.05) is 43.3 Å². The number of carbonyl (C=O) groups is 2. The molecular weight excluding hydrogens is 513 g/mol. The summed E-state index contributed by atoms with van der Waals surface area (Å²) < 4.78 is 15.3. The van der Waals surface area contributed by atoms with Gasteiger partial charge >= 0.3 is 5.97 Å². The van der Waals surface area contributed by atoms with Gasteiger partial charge in [-0.25, -0.2) is 4.39 Å². The summed E-state index contributed by atoms with van der Waals surface area (Å²) in [5.41, 5.74) is 5.24. The number of nitrogens with zero attached hydrogens (tertiary/aromatic N) is 2. The molecule has 8 nitrogen and oxygen atoms in total. The lowest BCUT2D eigenvalue weighted by atomic mass is 9.82. The van der Waals surface area contributed by atoms with Crippen LogP contribution < -0.4 is 10.9 Å². The number of benzene rings is 3. The van der Waals surface area contributed by atoms with E-state index in [2.05, 4.69) is 10.5 Å². The number of nitrogens with one attached hydrogen (secondary N) is 1. The molecule has 4 rings (SSSR count). The van der Waals surface area contributed by atoms with Gasteiger partial charge in [0.15, 0.2) is 0 Å². The normalized spacial score (nSPS) is 12.4. The van der Waals surface area contributed by atoms with Gasteiger partial charge in [-0.1, -0.05) is 47.6 Å². The maximum Gasteiger partial charge on any atom is 0.312 e. The number of rotatable bonds is 10. The summed E-state index contributed by atoms with van der Waals surface area (Å²) in [6.45, 7) is 1.83. The number of pyridine rings is 1. The van der Waals surface area contributed by atoms with Crippen molar-refractivity contribution in [3.8, 4) is 11.1 Å². The van der Waals surface area contributed by atoms with E-state index in [1.54, 1.807) is 37.5 Å². The fourth-order valence-corrected chi connectivity index (χ4v) is 4.74. The summed E-state index contributed by atoms with van der Waals surface area (Å²) in [6, 6.07) is 21.7. The van der Waals surface area contributed by atoms with E-state index in [0.29, 0.717) is 17.7 Å². The SMILES string of the molecule is Cc1cc(F)ccc1C(CC(N=O)c1ccc(=O)n(C)c1)c1ccc(-c2ccc(NC(=O)CC(=O)O)cc2)cc1. The standard InChI is InChI=1S/C31H28FN3O5/c1-19-15-24(32)10-13-26(19)27(16-28(34-40)23-9-14-30(37)35(2)18-23)22-5-3-20(4-6-22)21-7-11-25(12-8-21)33-29(36)17-31(38)39/h3-15,18,27-28H,16-17H2,1-2H3,(H,33,36)(H,38,39). The number of amides is 1. The first-order valence-corrected chi connectivity index (χ1v) is 12.6. The third-order valence-corrected chi connectivity index (χ3v) is 6.81. The number of aromatic nitrogens is 1. The Kier molecular flexibility index (Phi) is 8.63. The molecule has 0 aliphatic carbocycles. The number of carboxylic acid groups (broad SMARTS) is 1. The van der Waals surface area contributed by atoms with Gasteiger partial charge in [-0.3, -0.25) is 14.4 Å². The van der Waals surface area contributed by atoms with E-state index in [-0.39, 0.29) is 17.3 Å². The summed E-state index contributed by atoms with van der Waals surface area (Å²) in [7, 11) is 1.62. The Bertz CT molecular complexity index is 1600. The van der Waals surface area contributed by atoms with E-state index in [0.717, 1.165) is 27.8 Å². The first-order chi connectivity index (χ1) is 19.1. The third-order valence-electron chi connectivity index (χ3n) is 6.81. The molecule has 0 fully saturated rings. The molecule has 2 atom stereocenters. The van der Waals surface area contributed by atoms with E-state index in [9.17, 15) is 23.7 Å². The number of anilines is 1. The maximum absolute atomic E-state index is 13.9. The van der Waals surface area contributed by atoms with Crippen LogP contribution in [0, 0.1) is 17.6 Å². The van der Waals surface area contributed by atoms with Crippen LogP contribution in [0.1, 0.15) is 47.1 Å². The zero-order valence-electron chi connectivity index (χ0n) is 22.0. The molecule has 1 heterocycles. The summed E-state index contributed by atoms with van der Waals surface area (Å²) in [4.78, 5) is 46.2. The van der Waals surface area contributed by atoms with Gasteiger partial charge in [0.05, 0.1) is 0 Å². The average molecular weight is 542 g/mol. The molecule has 3 aromatic carbocycles. The average Bonchev–Trinajstić information content (AvgIpc) is 2.92. The Labute approximate surface area is 230 Å². The highest BCUT2D eigenvalue weighted by Gasteiger charge is 2.24. The van der Waals surface area contributed by atoms with Crippen LogP contribution in [-0.2, 0) is 16.6 Å². The Morgan fingerprint density at radius 1 is 0.950 bits per heavy atom. The van der Waals surface area contributed by atoms with Gasteiger partial charge in [0.2, 0.25) is 11.5 Å². The Morgan fingerprint density at radius 3 is 2.15 bits per heavy atom. The Balaban J connectivity index is 1.62. The molecule has 0 spiro atoms. The van der Waals surface area contributed by atoms with E-state index >= 15 is 0 Å². The predicted molar refractivity (Wildman–Crippen MR) is 151 cm³/mol. The molecule has 40 heavy (non-hydrogen) atoms. The minimum absolute atomic E-state index is 0.189. The Morgan fingerprint density at radius 2 is 1.57 bits per heavy atom. The maximum atomic E-state index is 13.9. The van der Waals surface area contributed by atoms with Crippen molar-refractivity contribution in [3.63, 3.8) is 0 Å². The number of aryl methyl sites for hydroxylation is 2. The van der Waals surface area contributed by atoms with Crippen molar-refractivity contribution in [1.82, 2.24) is 4.57 Å². The molecule has 9 heteroatoms. The lowest BCUT2D eigenvalue weighted by Crippen LogP contribution is -2.16. The second-order valence-electron chi connectivity index (χ2n) is 9.64. The number of halogens is 1. The van der Waals surface area contributed by atoms with Crippen LogP contribution >= 0.6 is 0 Å². The van der Waals surface area contributed by atoms with Crippen molar-refractivity contribution in [2.24, 2.45) is 12.2 Å². The molecule has 0 saturated heterocycles. The molecule has 2 unspecified atom stereocenters. The van der Waals surface area contributed by atoms with Crippen molar-refractivity contribution in [3.05, 3.63) is 128 Å². The van der Waals surface area contributed by atoms with Crippen LogP contribution in [0.5, 0.6) is 0 Å². The molecule has 0 radical (unpaired) electrons. The highest BCUT2D eigenvalue weighted by Crippen LogP contribution is 2.38. The van der Waals surface area contributed by atoms with E-state index in [4.69, 9.17) is 5.11 Å². The number of nitroso groups, excluding NO2 is 1. The van der Waals surface area contributed by atoms with Crippen LogP contribution in [-0.4, -0.2) is 21.6 Å². The molecule has 1 aromatic heterocycles.